The van der Waals surface area contributed by atoms with Gasteiger partial charge >= 0.3 is 0 Å². The molecular formula is C7H11NOS. The van der Waals surface area contributed by atoms with E-state index in [-0.39, 0.29) is 0 Å². The van der Waals surface area contributed by atoms with Crippen LogP contribution in [-0.2, 0) is 0 Å². The van der Waals surface area contributed by atoms with Crippen molar-refractivity contribution < 1.29 is 5.21 Å². The van der Waals surface area contributed by atoms with E-state index in [9.17, 15) is 0 Å². The fraction of sp³-hybridized carbons (Fsp3) is 0.429. The van der Waals surface area contributed by atoms with Gasteiger partial charge in [-0.2, -0.15) is 0 Å². The maximum atomic E-state index is 8.49. The molecule has 1 rings (SSSR count). The van der Waals surface area contributed by atoms with Crippen LogP contribution in [0.3, 0.4) is 0 Å². The molecule has 1 aromatic heterocycles. The van der Waals surface area contributed by atoms with Gasteiger partial charge in [0.25, 0.3) is 0 Å². The van der Waals surface area contributed by atoms with Crippen LogP contribution in [0.25, 0.3) is 0 Å². The maximum absolute atomic E-state index is 8.49. The van der Waals surface area contributed by atoms with Gasteiger partial charge in [-0.3, -0.25) is 10.7 Å². The Balaban J connectivity index is 2.78. The minimum atomic E-state index is 0.548. The van der Waals surface area contributed by atoms with Crippen LogP contribution in [0.5, 0.6) is 0 Å². The summed E-state index contributed by atoms with van der Waals surface area (Å²) in [6.45, 7) is 4.26. The molecule has 2 nitrogen and oxygen atoms in total. The van der Waals surface area contributed by atoms with Gasteiger partial charge in [-0.25, -0.2) is 0 Å². The third kappa shape index (κ3) is 1.49. The van der Waals surface area contributed by atoms with Gasteiger partial charge in [-0.1, -0.05) is 13.8 Å². The van der Waals surface area contributed by atoms with E-state index in [1.54, 1.807) is 11.3 Å². The molecule has 10 heavy (non-hydrogen) atoms. The van der Waals surface area contributed by atoms with Crippen molar-refractivity contribution in [3.63, 3.8) is 0 Å². The lowest BCUT2D eigenvalue weighted by atomic mass is 10.2. The third-order valence-electron chi connectivity index (χ3n) is 1.31. The molecule has 3 heteroatoms. The van der Waals surface area contributed by atoms with Crippen LogP contribution in [0, 0.1) is 0 Å². The number of thiophene rings is 1. The first-order chi connectivity index (χ1) is 4.74. The molecule has 0 saturated heterocycles. The average Bonchev–Trinajstić information content (AvgIpc) is 2.34. The van der Waals surface area contributed by atoms with E-state index < -0.39 is 0 Å². The molecule has 1 aromatic rings. The van der Waals surface area contributed by atoms with Crippen molar-refractivity contribution in [1.82, 2.24) is 0 Å². The molecule has 1 heterocycles. The monoisotopic (exact) mass is 157 g/mol. The summed E-state index contributed by atoms with van der Waals surface area (Å²) in [6, 6.07) is 3.90. The summed E-state index contributed by atoms with van der Waals surface area (Å²) < 4.78 is 0. The van der Waals surface area contributed by atoms with Crippen LogP contribution in [-0.4, -0.2) is 5.21 Å². The van der Waals surface area contributed by atoms with Crippen LogP contribution in [0.1, 0.15) is 24.6 Å². The van der Waals surface area contributed by atoms with Crippen molar-refractivity contribution in [3.05, 3.63) is 17.0 Å². The highest BCUT2D eigenvalue weighted by atomic mass is 32.1. The second-order valence-electron chi connectivity index (χ2n) is 2.47. The summed E-state index contributed by atoms with van der Waals surface area (Å²) in [4.78, 5) is 1.29. The normalized spacial score (nSPS) is 10.4. The highest BCUT2D eigenvalue weighted by Gasteiger charge is 2.01. The van der Waals surface area contributed by atoms with Crippen LogP contribution in [0.4, 0.5) is 5.00 Å². The van der Waals surface area contributed by atoms with Crippen LogP contribution in [0.2, 0.25) is 0 Å². The molecule has 0 aliphatic carbocycles. The van der Waals surface area contributed by atoms with Crippen molar-refractivity contribution in [1.29, 1.82) is 0 Å². The van der Waals surface area contributed by atoms with Gasteiger partial charge in [-0.15, -0.1) is 11.3 Å². The van der Waals surface area contributed by atoms with Gasteiger partial charge in [-0.05, 0) is 18.1 Å². The topological polar surface area (TPSA) is 32.3 Å². The summed E-state index contributed by atoms with van der Waals surface area (Å²) >= 11 is 1.58. The summed E-state index contributed by atoms with van der Waals surface area (Å²) in [6.07, 6.45) is 0. The number of anilines is 1. The Morgan fingerprint density at radius 3 is 2.50 bits per heavy atom. The molecule has 56 valence electrons. The standard InChI is InChI=1S/C7H11NOS/c1-5(2)6-3-4-7(8-9)10-6/h3-5,8-9H,1-2H3. The maximum Gasteiger partial charge on any atom is 0.113 e. The molecule has 0 bridgehead atoms. The molecule has 2 N–H and O–H groups in total. The van der Waals surface area contributed by atoms with Crippen LogP contribution >= 0.6 is 11.3 Å². The third-order valence-corrected chi connectivity index (χ3v) is 2.60. The Labute approximate surface area is 64.5 Å². The van der Waals surface area contributed by atoms with E-state index in [2.05, 4.69) is 19.3 Å². The first kappa shape index (κ1) is 7.57. The van der Waals surface area contributed by atoms with Gasteiger partial charge < -0.3 is 0 Å². The quantitative estimate of drug-likeness (QED) is 0.647. The van der Waals surface area contributed by atoms with Gasteiger partial charge in [0.1, 0.15) is 5.00 Å². The molecule has 0 aromatic carbocycles. The fourth-order valence-electron chi connectivity index (χ4n) is 0.723. The van der Waals surface area contributed by atoms with E-state index >= 15 is 0 Å². The Hall–Kier alpha value is -0.540. The number of nitrogens with one attached hydrogen (secondary N) is 1. The highest BCUT2D eigenvalue weighted by molar-refractivity contribution is 7.16. The lowest BCUT2D eigenvalue weighted by Crippen LogP contribution is -1.82. The molecule has 0 amide bonds. The van der Waals surface area contributed by atoms with Gasteiger partial charge in [0.05, 0.1) is 0 Å². The first-order valence-electron chi connectivity index (χ1n) is 3.24. The Kier molecular flexibility index (Phi) is 2.29. The first-order valence-corrected chi connectivity index (χ1v) is 4.05. The smallest absolute Gasteiger partial charge is 0.113 e. The largest absolute Gasteiger partial charge is 0.290 e. The lowest BCUT2D eigenvalue weighted by Gasteiger charge is -1.96. The predicted molar refractivity (Wildman–Crippen MR) is 43.8 cm³/mol. The molecule has 0 saturated carbocycles. The van der Waals surface area contributed by atoms with Crippen molar-refractivity contribution in [2.45, 2.75) is 19.8 Å². The minimum absolute atomic E-state index is 0.548. The summed E-state index contributed by atoms with van der Waals surface area (Å²) in [5.74, 6) is 0.548. The molecule has 0 unspecified atom stereocenters. The van der Waals surface area contributed by atoms with Crippen molar-refractivity contribution in [2.24, 2.45) is 0 Å². The minimum Gasteiger partial charge on any atom is -0.290 e. The molecule has 0 spiro atoms. The molecule has 0 fully saturated rings. The van der Waals surface area contributed by atoms with E-state index in [0.29, 0.717) is 5.92 Å². The molecule has 0 atom stereocenters. The fourth-order valence-corrected chi connectivity index (χ4v) is 1.53. The second kappa shape index (κ2) is 3.03. The van der Waals surface area contributed by atoms with Crippen molar-refractivity contribution >= 4 is 16.3 Å². The Bertz CT molecular complexity index is 207. The van der Waals surface area contributed by atoms with Crippen molar-refractivity contribution in [3.8, 4) is 0 Å². The Morgan fingerprint density at radius 1 is 1.50 bits per heavy atom. The highest BCUT2D eigenvalue weighted by Crippen LogP contribution is 2.27. The molecular weight excluding hydrogens is 146 g/mol. The molecule has 0 aliphatic rings. The van der Waals surface area contributed by atoms with Gasteiger partial charge in [0.15, 0.2) is 0 Å². The van der Waals surface area contributed by atoms with Crippen LogP contribution < -0.4 is 5.48 Å². The van der Waals surface area contributed by atoms with E-state index in [1.165, 1.54) is 4.88 Å². The summed E-state index contributed by atoms with van der Waals surface area (Å²) in [7, 11) is 0. The van der Waals surface area contributed by atoms with Gasteiger partial charge in [0, 0.05) is 4.88 Å². The number of hydrogen-bond donors (Lipinski definition) is 2. The molecule has 0 radical (unpaired) electrons. The molecule has 0 aliphatic heterocycles. The second-order valence-corrected chi connectivity index (χ2v) is 3.58. The number of hydrogen-bond acceptors (Lipinski definition) is 3. The zero-order valence-corrected chi connectivity index (χ0v) is 6.90. The average molecular weight is 157 g/mol. The Morgan fingerprint density at radius 2 is 2.20 bits per heavy atom. The summed E-state index contributed by atoms with van der Waals surface area (Å²) in [5, 5.41) is 9.30. The zero-order valence-electron chi connectivity index (χ0n) is 6.09. The van der Waals surface area contributed by atoms with E-state index in [1.807, 2.05) is 12.1 Å². The summed E-state index contributed by atoms with van der Waals surface area (Å²) in [5.41, 5.74) is 2.12. The van der Waals surface area contributed by atoms with E-state index in [4.69, 9.17) is 5.21 Å². The van der Waals surface area contributed by atoms with Crippen molar-refractivity contribution in [2.75, 3.05) is 5.48 Å². The van der Waals surface area contributed by atoms with E-state index in [0.717, 1.165) is 5.00 Å². The van der Waals surface area contributed by atoms with Crippen LogP contribution in [0.15, 0.2) is 12.1 Å². The predicted octanol–water partition coefficient (Wildman–Crippen LogP) is 2.67. The number of rotatable bonds is 2. The zero-order chi connectivity index (χ0) is 7.56. The van der Waals surface area contributed by atoms with Gasteiger partial charge in [0.2, 0.25) is 0 Å². The SMILES string of the molecule is CC(C)c1ccc(NO)s1. The lowest BCUT2D eigenvalue weighted by molar-refractivity contribution is 0.391.